The molecule has 1 aliphatic carbocycles. The third kappa shape index (κ3) is 2.89. The van der Waals surface area contributed by atoms with Crippen LogP contribution in [0.15, 0.2) is 29.6 Å². The Bertz CT molecular complexity index is 815. The van der Waals surface area contributed by atoms with Crippen LogP contribution in [0.4, 0.5) is 5.69 Å². The summed E-state index contributed by atoms with van der Waals surface area (Å²) in [6.45, 7) is 1.81. The summed E-state index contributed by atoms with van der Waals surface area (Å²) in [7, 11) is 0. The molecule has 0 saturated heterocycles. The summed E-state index contributed by atoms with van der Waals surface area (Å²) in [5.74, 6) is 2.25. The van der Waals surface area contributed by atoms with E-state index in [4.69, 9.17) is 9.47 Å². The number of quaternary nitrogens is 1. The molecule has 1 saturated carbocycles. The van der Waals surface area contributed by atoms with E-state index in [0.29, 0.717) is 18.3 Å². The zero-order valence-corrected chi connectivity index (χ0v) is 14.7. The number of hydrogen-bond acceptors (Lipinski definition) is 4. The summed E-state index contributed by atoms with van der Waals surface area (Å²) in [6, 6.07) is 8.32. The van der Waals surface area contributed by atoms with E-state index in [0.717, 1.165) is 30.3 Å². The molecule has 1 aromatic carbocycles. The van der Waals surface area contributed by atoms with Crippen molar-refractivity contribution in [2.45, 2.75) is 25.3 Å². The van der Waals surface area contributed by atoms with Crippen molar-refractivity contribution in [3.63, 3.8) is 0 Å². The lowest BCUT2D eigenvalue weighted by molar-refractivity contribution is -0.928. The van der Waals surface area contributed by atoms with Crippen molar-refractivity contribution in [1.29, 1.82) is 0 Å². The van der Waals surface area contributed by atoms with Crippen molar-refractivity contribution in [2.24, 2.45) is 5.92 Å². The van der Waals surface area contributed by atoms with Crippen LogP contribution in [0.3, 0.4) is 0 Å². The van der Waals surface area contributed by atoms with Gasteiger partial charge in [0.1, 0.15) is 6.04 Å². The number of carbonyl (C=O) groups excluding carboxylic acids is 1. The SMILES string of the molecule is O=C(C[NH+]1CCc2sccc2[C@@H]1C1CC1)Nc1ccc2c(c1)OCO2. The average molecular weight is 357 g/mol. The standard InChI is InChI=1S/C19H20N2O3S/c22-18(20-13-3-4-15-16(9-13)24-11-23-15)10-21-7-5-17-14(6-8-25-17)19(21)12-1-2-12/h3-4,6,8-9,12,19H,1-2,5,7,10-11H2,(H,20,22)/p+1/t19-/m0/s1. The molecule has 3 heterocycles. The van der Waals surface area contributed by atoms with Crippen LogP contribution in [0, 0.1) is 5.92 Å². The summed E-state index contributed by atoms with van der Waals surface area (Å²) in [5.41, 5.74) is 2.26. The maximum absolute atomic E-state index is 12.6. The highest BCUT2D eigenvalue weighted by molar-refractivity contribution is 7.10. The molecule has 3 aliphatic rings. The first kappa shape index (κ1) is 15.2. The van der Waals surface area contributed by atoms with E-state index in [1.165, 1.54) is 28.2 Å². The summed E-state index contributed by atoms with van der Waals surface area (Å²) in [6.07, 6.45) is 3.68. The molecular weight excluding hydrogens is 336 g/mol. The molecule has 2 aliphatic heterocycles. The normalized spacial score (nSPS) is 24.0. The van der Waals surface area contributed by atoms with Crippen LogP contribution < -0.4 is 19.7 Å². The summed E-state index contributed by atoms with van der Waals surface area (Å²) < 4.78 is 10.7. The Hall–Kier alpha value is -2.05. The lowest BCUT2D eigenvalue weighted by atomic mass is 9.96. The fourth-order valence-corrected chi connectivity index (χ4v) is 5.01. The fraction of sp³-hybridized carbons (Fsp3) is 0.421. The maximum Gasteiger partial charge on any atom is 0.279 e. The van der Waals surface area contributed by atoms with Gasteiger partial charge in [0, 0.05) is 34.5 Å². The van der Waals surface area contributed by atoms with Gasteiger partial charge in [0.05, 0.1) is 6.54 Å². The number of rotatable bonds is 4. The molecule has 1 unspecified atom stereocenters. The average Bonchev–Trinajstić information content (AvgIpc) is 3.14. The number of benzene rings is 1. The second-order valence-electron chi connectivity index (χ2n) is 7.07. The van der Waals surface area contributed by atoms with E-state index in [9.17, 15) is 4.79 Å². The number of hydrogen-bond donors (Lipinski definition) is 2. The fourth-order valence-electron chi connectivity index (χ4n) is 4.08. The zero-order chi connectivity index (χ0) is 16.8. The van der Waals surface area contributed by atoms with Crippen LogP contribution in [0.5, 0.6) is 11.5 Å². The third-order valence-electron chi connectivity index (χ3n) is 5.37. The van der Waals surface area contributed by atoms with Gasteiger partial charge in [-0.2, -0.15) is 0 Å². The van der Waals surface area contributed by atoms with Gasteiger partial charge in [0.15, 0.2) is 18.0 Å². The predicted octanol–water partition coefficient (Wildman–Crippen LogP) is 2.01. The molecular formula is C19H21N2O3S+. The summed E-state index contributed by atoms with van der Waals surface area (Å²) >= 11 is 1.87. The number of fused-ring (bicyclic) bond motifs is 2. The summed E-state index contributed by atoms with van der Waals surface area (Å²) in [4.78, 5) is 15.6. The van der Waals surface area contributed by atoms with Crippen LogP contribution in [0.1, 0.15) is 29.3 Å². The lowest BCUT2D eigenvalue weighted by Gasteiger charge is -2.32. The number of ether oxygens (including phenoxy) is 2. The van der Waals surface area contributed by atoms with Gasteiger partial charge in [0.25, 0.3) is 5.91 Å². The van der Waals surface area contributed by atoms with Crippen LogP contribution in [0.25, 0.3) is 0 Å². The molecule has 1 fully saturated rings. The lowest BCUT2D eigenvalue weighted by Crippen LogP contribution is -3.14. The van der Waals surface area contributed by atoms with Gasteiger partial charge >= 0.3 is 0 Å². The molecule has 0 bridgehead atoms. The number of anilines is 1. The van der Waals surface area contributed by atoms with Crippen LogP contribution in [-0.4, -0.2) is 25.8 Å². The van der Waals surface area contributed by atoms with Gasteiger partial charge in [-0.15, -0.1) is 11.3 Å². The van der Waals surface area contributed by atoms with E-state index < -0.39 is 0 Å². The van der Waals surface area contributed by atoms with Gasteiger partial charge in [0.2, 0.25) is 6.79 Å². The molecule has 5 nitrogen and oxygen atoms in total. The number of thiophene rings is 1. The Morgan fingerprint density at radius 1 is 1.24 bits per heavy atom. The predicted molar refractivity (Wildman–Crippen MR) is 95.4 cm³/mol. The van der Waals surface area contributed by atoms with E-state index in [2.05, 4.69) is 16.8 Å². The monoisotopic (exact) mass is 357 g/mol. The Morgan fingerprint density at radius 3 is 3.00 bits per heavy atom. The largest absolute Gasteiger partial charge is 0.454 e. The van der Waals surface area contributed by atoms with Crippen molar-refractivity contribution < 1.29 is 19.2 Å². The zero-order valence-electron chi connectivity index (χ0n) is 13.9. The molecule has 2 aromatic rings. The van der Waals surface area contributed by atoms with Crippen molar-refractivity contribution in [1.82, 2.24) is 0 Å². The third-order valence-corrected chi connectivity index (χ3v) is 6.36. The van der Waals surface area contributed by atoms with E-state index >= 15 is 0 Å². The van der Waals surface area contributed by atoms with Gasteiger partial charge in [-0.3, -0.25) is 4.79 Å². The van der Waals surface area contributed by atoms with Gasteiger partial charge in [-0.1, -0.05) is 0 Å². The minimum atomic E-state index is 0.0678. The first-order chi connectivity index (χ1) is 12.3. The van der Waals surface area contributed by atoms with E-state index in [-0.39, 0.29) is 12.7 Å². The summed E-state index contributed by atoms with van der Waals surface area (Å²) in [5, 5.41) is 5.23. The molecule has 25 heavy (non-hydrogen) atoms. The smallest absolute Gasteiger partial charge is 0.279 e. The van der Waals surface area contributed by atoms with Crippen LogP contribution in [0.2, 0.25) is 0 Å². The molecule has 2 N–H and O–H groups in total. The quantitative estimate of drug-likeness (QED) is 0.880. The van der Waals surface area contributed by atoms with Gasteiger partial charge < -0.3 is 19.7 Å². The molecule has 6 heteroatoms. The first-order valence-electron chi connectivity index (χ1n) is 8.88. The Morgan fingerprint density at radius 2 is 2.12 bits per heavy atom. The second kappa shape index (κ2) is 6.04. The minimum Gasteiger partial charge on any atom is -0.454 e. The van der Waals surface area contributed by atoms with Gasteiger partial charge in [-0.25, -0.2) is 0 Å². The van der Waals surface area contributed by atoms with E-state index in [1.807, 2.05) is 29.5 Å². The van der Waals surface area contributed by atoms with Crippen molar-refractivity contribution in [2.75, 3.05) is 25.2 Å². The second-order valence-corrected chi connectivity index (χ2v) is 8.07. The van der Waals surface area contributed by atoms with E-state index in [1.54, 1.807) is 0 Å². The Kier molecular flexibility index (Phi) is 3.68. The number of nitrogens with one attached hydrogen (secondary N) is 2. The Balaban J connectivity index is 1.29. The van der Waals surface area contributed by atoms with Crippen LogP contribution in [-0.2, 0) is 11.2 Å². The minimum absolute atomic E-state index is 0.0678. The first-order valence-corrected chi connectivity index (χ1v) is 9.76. The van der Waals surface area contributed by atoms with Crippen molar-refractivity contribution in [3.8, 4) is 11.5 Å². The molecule has 0 spiro atoms. The molecule has 1 aromatic heterocycles. The van der Waals surface area contributed by atoms with Crippen molar-refractivity contribution in [3.05, 3.63) is 40.1 Å². The highest BCUT2D eigenvalue weighted by atomic mass is 32.1. The molecule has 5 rings (SSSR count). The topological polar surface area (TPSA) is 52.0 Å². The molecule has 0 radical (unpaired) electrons. The van der Waals surface area contributed by atoms with Crippen LogP contribution >= 0.6 is 11.3 Å². The van der Waals surface area contributed by atoms with Gasteiger partial charge in [-0.05, 0) is 36.4 Å². The molecule has 1 amide bonds. The molecule has 2 atom stereocenters. The Labute approximate surface area is 150 Å². The number of carbonyl (C=O) groups is 1. The highest BCUT2D eigenvalue weighted by Gasteiger charge is 2.43. The van der Waals surface area contributed by atoms with Crippen molar-refractivity contribution >= 4 is 22.9 Å². The maximum atomic E-state index is 12.6. The number of amides is 1. The highest BCUT2D eigenvalue weighted by Crippen LogP contribution is 2.42. The molecule has 130 valence electrons.